The molecule has 0 saturated heterocycles. The lowest BCUT2D eigenvalue weighted by atomic mass is 10.2. The third-order valence-corrected chi connectivity index (χ3v) is 2.67. The average Bonchev–Trinajstić information content (AvgIpc) is 2.47. The molecule has 0 saturated carbocycles. The smallest absolute Gasteiger partial charge is 0.471 e. The maximum Gasteiger partial charge on any atom is 0.471 e. The fraction of sp³-hybridized carbons (Fsp3) is 0.500. The first kappa shape index (κ1) is 20.6. The van der Waals surface area contributed by atoms with E-state index in [-0.39, 0.29) is 19.7 Å². The predicted molar refractivity (Wildman–Crippen MR) is 84.1 cm³/mol. The van der Waals surface area contributed by atoms with Gasteiger partial charge in [-0.3, -0.25) is 4.79 Å². The number of rotatable bonds is 6. The Morgan fingerprint density at radius 2 is 1.64 bits per heavy atom. The summed E-state index contributed by atoms with van der Waals surface area (Å²) in [7, 11) is 0. The van der Waals surface area contributed by atoms with Crippen molar-refractivity contribution in [3.8, 4) is 5.75 Å². The molecule has 0 radical (unpaired) electrons. The van der Waals surface area contributed by atoms with E-state index in [1.165, 1.54) is 0 Å². The number of hydrogen-bond donors (Lipinski definition) is 2. The van der Waals surface area contributed by atoms with Gasteiger partial charge in [0.05, 0.1) is 6.54 Å². The highest BCUT2D eigenvalue weighted by Gasteiger charge is 2.38. The van der Waals surface area contributed by atoms with E-state index < -0.39 is 23.8 Å². The second-order valence-corrected chi connectivity index (χ2v) is 6.10. The highest BCUT2D eigenvalue weighted by atomic mass is 19.4. The predicted octanol–water partition coefficient (Wildman–Crippen LogP) is 2.77. The van der Waals surface area contributed by atoms with Gasteiger partial charge in [-0.1, -0.05) is 12.1 Å². The quantitative estimate of drug-likeness (QED) is 0.763. The number of carbonyl (C=O) groups is 2. The first-order valence-electron chi connectivity index (χ1n) is 7.51. The average molecular weight is 362 g/mol. The summed E-state index contributed by atoms with van der Waals surface area (Å²) >= 11 is 0. The molecule has 2 N–H and O–H groups in total. The number of benzene rings is 1. The SMILES string of the molecule is CC(C)(C)OC(=O)NCc1ccc(OCCNC(=O)C(F)(F)F)cc1. The number of nitrogens with one attached hydrogen (secondary N) is 2. The van der Waals surface area contributed by atoms with Crippen molar-refractivity contribution in [1.29, 1.82) is 0 Å². The van der Waals surface area contributed by atoms with Gasteiger partial charge >= 0.3 is 18.2 Å². The lowest BCUT2D eigenvalue weighted by Crippen LogP contribution is -2.38. The zero-order valence-corrected chi connectivity index (χ0v) is 14.2. The molecule has 6 nitrogen and oxygen atoms in total. The van der Waals surface area contributed by atoms with Crippen LogP contribution < -0.4 is 15.4 Å². The molecule has 2 amide bonds. The topological polar surface area (TPSA) is 76.7 Å². The number of alkyl carbamates (subject to hydrolysis) is 1. The van der Waals surface area contributed by atoms with E-state index in [0.717, 1.165) is 5.56 Å². The lowest BCUT2D eigenvalue weighted by Gasteiger charge is -2.19. The highest BCUT2D eigenvalue weighted by Crippen LogP contribution is 2.14. The summed E-state index contributed by atoms with van der Waals surface area (Å²) in [6, 6.07) is 6.61. The third kappa shape index (κ3) is 8.83. The van der Waals surface area contributed by atoms with E-state index in [2.05, 4.69) is 5.32 Å². The Bertz CT molecular complexity index is 581. The van der Waals surface area contributed by atoms with Crippen LogP contribution in [0.15, 0.2) is 24.3 Å². The summed E-state index contributed by atoms with van der Waals surface area (Å²) in [4.78, 5) is 22.1. The standard InChI is InChI=1S/C16H21F3N2O4/c1-15(2,3)25-14(23)21-10-11-4-6-12(7-5-11)24-9-8-20-13(22)16(17,18)19/h4-7H,8-10H2,1-3H3,(H,20,22)(H,21,23). The van der Waals surface area contributed by atoms with Gasteiger partial charge < -0.3 is 20.1 Å². The Morgan fingerprint density at radius 3 is 2.16 bits per heavy atom. The maximum absolute atomic E-state index is 12.0. The van der Waals surface area contributed by atoms with Crippen LogP contribution >= 0.6 is 0 Å². The van der Waals surface area contributed by atoms with Crippen LogP contribution in [-0.4, -0.2) is 36.9 Å². The molecule has 0 aromatic heterocycles. The Hall–Kier alpha value is -2.45. The molecule has 140 valence electrons. The zero-order valence-electron chi connectivity index (χ0n) is 14.2. The molecule has 0 bridgehead atoms. The lowest BCUT2D eigenvalue weighted by molar-refractivity contribution is -0.173. The monoisotopic (exact) mass is 362 g/mol. The van der Waals surface area contributed by atoms with Crippen LogP contribution in [0.2, 0.25) is 0 Å². The summed E-state index contributed by atoms with van der Waals surface area (Å²) in [6.45, 7) is 5.18. The first-order chi connectivity index (χ1) is 11.5. The van der Waals surface area contributed by atoms with Crippen molar-refractivity contribution in [2.75, 3.05) is 13.2 Å². The first-order valence-corrected chi connectivity index (χ1v) is 7.51. The van der Waals surface area contributed by atoms with Gasteiger partial charge in [0.25, 0.3) is 0 Å². The summed E-state index contributed by atoms with van der Waals surface area (Å²) in [5.41, 5.74) is 0.215. The van der Waals surface area contributed by atoms with Gasteiger partial charge in [0, 0.05) is 6.54 Å². The summed E-state index contributed by atoms with van der Waals surface area (Å²) in [5, 5.41) is 4.30. The Kier molecular flexibility index (Phi) is 7.08. The van der Waals surface area contributed by atoms with Crippen molar-refractivity contribution < 1.29 is 32.2 Å². The second kappa shape index (κ2) is 8.59. The van der Waals surface area contributed by atoms with Crippen molar-refractivity contribution in [2.24, 2.45) is 0 Å². The number of hydrogen-bond acceptors (Lipinski definition) is 4. The largest absolute Gasteiger partial charge is 0.492 e. The molecule has 0 atom stereocenters. The molecule has 0 spiro atoms. The van der Waals surface area contributed by atoms with Crippen LogP contribution in [0.1, 0.15) is 26.3 Å². The normalized spacial score (nSPS) is 11.6. The van der Waals surface area contributed by atoms with E-state index in [1.807, 2.05) is 0 Å². The van der Waals surface area contributed by atoms with Crippen molar-refractivity contribution in [1.82, 2.24) is 10.6 Å². The van der Waals surface area contributed by atoms with Crippen LogP contribution in [-0.2, 0) is 16.1 Å². The molecule has 9 heteroatoms. The fourth-order valence-electron chi connectivity index (χ4n) is 1.63. The van der Waals surface area contributed by atoms with Gasteiger partial charge in [-0.05, 0) is 38.5 Å². The second-order valence-electron chi connectivity index (χ2n) is 6.10. The minimum absolute atomic E-state index is 0.0999. The summed E-state index contributed by atoms with van der Waals surface area (Å²) in [5.74, 6) is -1.57. The van der Waals surface area contributed by atoms with Gasteiger partial charge in [-0.25, -0.2) is 4.79 Å². The van der Waals surface area contributed by atoms with Gasteiger partial charge in [-0.2, -0.15) is 13.2 Å². The molecule has 25 heavy (non-hydrogen) atoms. The molecule has 1 aromatic rings. The van der Waals surface area contributed by atoms with Gasteiger partial charge in [0.15, 0.2) is 0 Å². The van der Waals surface area contributed by atoms with Crippen molar-refractivity contribution in [3.63, 3.8) is 0 Å². The van der Waals surface area contributed by atoms with Crippen LogP contribution in [0.5, 0.6) is 5.75 Å². The number of halogens is 3. The maximum atomic E-state index is 12.0. The molecular weight excluding hydrogens is 341 g/mol. The summed E-state index contributed by atoms with van der Waals surface area (Å²) in [6.07, 6.45) is -5.43. The number of amides is 2. The van der Waals surface area contributed by atoms with Crippen LogP contribution in [0.25, 0.3) is 0 Å². The van der Waals surface area contributed by atoms with E-state index in [4.69, 9.17) is 9.47 Å². The molecular formula is C16H21F3N2O4. The minimum Gasteiger partial charge on any atom is -0.492 e. The number of alkyl halides is 3. The van der Waals surface area contributed by atoms with Crippen LogP contribution in [0, 0.1) is 0 Å². The number of carbonyl (C=O) groups excluding carboxylic acids is 2. The van der Waals surface area contributed by atoms with Gasteiger partial charge in [-0.15, -0.1) is 0 Å². The summed E-state index contributed by atoms with van der Waals surface area (Å²) < 4.78 is 46.2. The molecule has 0 heterocycles. The Balaban J connectivity index is 2.32. The Morgan fingerprint density at radius 1 is 1.04 bits per heavy atom. The fourth-order valence-corrected chi connectivity index (χ4v) is 1.63. The van der Waals surface area contributed by atoms with Crippen molar-refractivity contribution in [3.05, 3.63) is 29.8 Å². The molecule has 1 aromatic carbocycles. The van der Waals surface area contributed by atoms with Crippen LogP contribution in [0.3, 0.4) is 0 Å². The van der Waals surface area contributed by atoms with E-state index >= 15 is 0 Å². The van der Waals surface area contributed by atoms with E-state index in [0.29, 0.717) is 5.75 Å². The van der Waals surface area contributed by atoms with Crippen molar-refractivity contribution >= 4 is 12.0 Å². The Labute approximate surface area is 143 Å². The van der Waals surface area contributed by atoms with E-state index in [9.17, 15) is 22.8 Å². The molecule has 0 unspecified atom stereocenters. The highest BCUT2D eigenvalue weighted by molar-refractivity contribution is 5.81. The van der Waals surface area contributed by atoms with E-state index in [1.54, 1.807) is 50.4 Å². The van der Waals surface area contributed by atoms with Gasteiger partial charge in [0.1, 0.15) is 18.0 Å². The number of ether oxygens (including phenoxy) is 2. The third-order valence-electron chi connectivity index (χ3n) is 2.67. The minimum atomic E-state index is -4.90. The molecule has 0 aliphatic carbocycles. The molecule has 1 rings (SSSR count). The van der Waals surface area contributed by atoms with Crippen molar-refractivity contribution in [2.45, 2.75) is 39.1 Å². The van der Waals surface area contributed by atoms with Gasteiger partial charge in [0.2, 0.25) is 0 Å². The molecule has 0 aliphatic rings. The molecule has 0 fully saturated rings. The zero-order chi connectivity index (χ0) is 19.1. The molecule has 0 aliphatic heterocycles. The van der Waals surface area contributed by atoms with Crippen LogP contribution in [0.4, 0.5) is 18.0 Å².